The van der Waals surface area contributed by atoms with Crippen LogP contribution in [0.25, 0.3) is 5.65 Å². The number of carbonyl (C=O) groups excluding carboxylic acids is 2. The second kappa shape index (κ2) is 8.89. The van der Waals surface area contributed by atoms with Crippen LogP contribution in [0.3, 0.4) is 0 Å². The van der Waals surface area contributed by atoms with E-state index in [9.17, 15) is 19.1 Å². The van der Waals surface area contributed by atoms with Crippen molar-refractivity contribution in [2.45, 2.75) is 12.3 Å². The van der Waals surface area contributed by atoms with Gasteiger partial charge in [-0.25, -0.2) is 9.37 Å². The number of hydrogen-bond donors (Lipinski definition) is 2. The molecule has 4 aromatic rings. The first-order valence-corrected chi connectivity index (χ1v) is 9.79. The highest BCUT2D eigenvalue weighted by molar-refractivity contribution is 6.04. The Morgan fingerprint density at radius 1 is 1.06 bits per heavy atom. The number of nitrogens with one attached hydrogen (secondary N) is 1. The van der Waals surface area contributed by atoms with Crippen LogP contribution >= 0.6 is 0 Å². The summed E-state index contributed by atoms with van der Waals surface area (Å²) in [6.07, 6.45) is 3.15. The Morgan fingerprint density at radius 3 is 2.61 bits per heavy atom. The van der Waals surface area contributed by atoms with Crippen molar-refractivity contribution < 1.29 is 19.1 Å². The van der Waals surface area contributed by atoms with Crippen molar-refractivity contribution in [3.8, 4) is 0 Å². The van der Waals surface area contributed by atoms with E-state index in [4.69, 9.17) is 0 Å². The third-order valence-corrected chi connectivity index (χ3v) is 5.11. The third-order valence-electron chi connectivity index (χ3n) is 5.11. The van der Waals surface area contributed by atoms with Gasteiger partial charge in [0.1, 0.15) is 17.2 Å². The predicted molar refractivity (Wildman–Crippen MR) is 115 cm³/mol. The summed E-state index contributed by atoms with van der Waals surface area (Å²) in [5, 5.41) is 12.2. The monoisotopic (exact) mass is 417 g/mol. The molecular formula is C24H20FN3O3. The van der Waals surface area contributed by atoms with Crippen molar-refractivity contribution in [2.24, 2.45) is 0 Å². The van der Waals surface area contributed by atoms with Gasteiger partial charge in [0.2, 0.25) is 0 Å². The zero-order valence-electron chi connectivity index (χ0n) is 16.5. The molecule has 7 heteroatoms. The molecule has 2 heterocycles. The molecule has 0 radical (unpaired) electrons. The lowest BCUT2D eigenvalue weighted by Crippen LogP contribution is -2.16. The normalized spacial score (nSPS) is 11.9. The Morgan fingerprint density at radius 2 is 1.84 bits per heavy atom. The summed E-state index contributed by atoms with van der Waals surface area (Å²) in [7, 11) is 0. The van der Waals surface area contributed by atoms with Crippen molar-refractivity contribution in [3.05, 3.63) is 102 Å². The molecule has 156 valence electrons. The van der Waals surface area contributed by atoms with Gasteiger partial charge in [0.05, 0.1) is 18.5 Å². The number of Topliss-reactive ketones (excluding diaryl/α,β-unsaturated/α-hetero) is 1. The highest BCUT2D eigenvalue weighted by Gasteiger charge is 2.19. The van der Waals surface area contributed by atoms with E-state index in [1.54, 1.807) is 28.8 Å². The van der Waals surface area contributed by atoms with Gasteiger partial charge in [-0.05, 0) is 35.9 Å². The third kappa shape index (κ3) is 4.36. The standard InChI is InChI=1S/C24H20FN3O3/c25-19-10-9-17(22(30)13-18(15-29)16-6-2-1-3-7-16)12-20(19)27-24(31)21-14-26-23-8-4-5-11-28(21)23/h1-12,14,18,29H,13,15H2,(H,27,31)/t18-/m1/s1. The summed E-state index contributed by atoms with van der Waals surface area (Å²) in [6, 6.07) is 18.4. The summed E-state index contributed by atoms with van der Waals surface area (Å²) < 4.78 is 15.9. The van der Waals surface area contributed by atoms with Gasteiger partial charge in [-0.15, -0.1) is 0 Å². The molecule has 1 amide bonds. The molecule has 0 saturated carbocycles. The molecule has 2 N–H and O–H groups in total. The van der Waals surface area contributed by atoms with Crippen molar-refractivity contribution in [2.75, 3.05) is 11.9 Å². The number of fused-ring (bicyclic) bond motifs is 1. The van der Waals surface area contributed by atoms with Crippen LogP contribution in [0.15, 0.2) is 79.1 Å². The average Bonchev–Trinajstić information content (AvgIpc) is 3.23. The number of imidazole rings is 1. The number of hydrogen-bond acceptors (Lipinski definition) is 4. The van der Waals surface area contributed by atoms with Gasteiger partial charge in [0, 0.05) is 24.1 Å². The number of amides is 1. The molecule has 0 bridgehead atoms. The first-order valence-electron chi connectivity index (χ1n) is 9.79. The molecule has 2 aromatic carbocycles. The maximum Gasteiger partial charge on any atom is 0.274 e. The van der Waals surface area contributed by atoms with Gasteiger partial charge < -0.3 is 10.4 Å². The van der Waals surface area contributed by atoms with Crippen molar-refractivity contribution in [1.82, 2.24) is 9.38 Å². The van der Waals surface area contributed by atoms with E-state index in [0.29, 0.717) is 5.65 Å². The summed E-state index contributed by atoms with van der Waals surface area (Å²) in [5.41, 5.74) is 1.84. The maximum atomic E-state index is 14.4. The smallest absolute Gasteiger partial charge is 0.274 e. The molecule has 0 unspecified atom stereocenters. The molecule has 0 aliphatic heterocycles. The number of carbonyl (C=O) groups is 2. The van der Waals surface area contributed by atoms with Crippen LogP contribution in [0.1, 0.15) is 38.7 Å². The van der Waals surface area contributed by atoms with E-state index in [1.165, 1.54) is 18.3 Å². The number of aliphatic hydroxyl groups excluding tert-OH is 1. The molecule has 1 atom stereocenters. The van der Waals surface area contributed by atoms with Crippen LogP contribution in [0.5, 0.6) is 0 Å². The lowest BCUT2D eigenvalue weighted by Gasteiger charge is -2.14. The quantitative estimate of drug-likeness (QED) is 0.444. The first-order chi connectivity index (χ1) is 15.1. The lowest BCUT2D eigenvalue weighted by atomic mass is 9.92. The largest absolute Gasteiger partial charge is 0.396 e. The van der Waals surface area contributed by atoms with Gasteiger partial charge in [-0.3, -0.25) is 14.0 Å². The van der Waals surface area contributed by atoms with Gasteiger partial charge in [-0.1, -0.05) is 36.4 Å². The summed E-state index contributed by atoms with van der Waals surface area (Å²) in [5.74, 6) is -1.82. The maximum absolute atomic E-state index is 14.4. The van der Waals surface area contributed by atoms with E-state index in [-0.39, 0.29) is 41.7 Å². The molecule has 31 heavy (non-hydrogen) atoms. The fraction of sp³-hybridized carbons (Fsp3) is 0.125. The molecule has 6 nitrogen and oxygen atoms in total. The lowest BCUT2D eigenvalue weighted by molar-refractivity contribution is 0.0958. The highest BCUT2D eigenvalue weighted by atomic mass is 19.1. The minimum atomic E-state index is -0.652. The molecule has 0 saturated heterocycles. The van der Waals surface area contributed by atoms with E-state index < -0.39 is 11.7 Å². The fourth-order valence-electron chi connectivity index (χ4n) is 3.44. The fourth-order valence-corrected chi connectivity index (χ4v) is 3.44. The number of ketones is 1. The van der Waals surface area contributed by atoms with Gasteiger partial charge in [0.15, 0.2) is 5.78 Å². The number of halogens is 1. The number of aliphatic hydroxyl groups is 1. The van der Waals surface area contributed by atoms with E-state index >= 15 is 0 Å². The molecule has 0 aliphatic carbocycles. The van der Waals surface area contributed by atoms with E-state index in [1.807, 2.05) is 30.3 Å². The Labute approximate surface area is 178 Å². The highest BCUT2D eigenvalue weighted by Crippen LogP contribution is 2.24. The van der Waals surface area contributed by atoms with Crippen LogP contribution in [0, 0.1) is 5.82 Å². The molecular weight excluding hydrogens is 397 g/mol. The van der Waals surface area contributed by atoms with Gasteiger partial charge in [-0.2, -0.15) is 0 Å². The number of rotatable bonds is 7. The topological polar surface area (TPSA) is 83.7 Å². The predicted octanol–water partition coefficient (Wildman–Crippen LogP) is 4.07. The molecule has 0 fully saturated rings. The number of nitrogens with zero attached hydrogens (tertiary/aromatic N) is 2. The zero-order chi connectivity index (χ0) is 21.8. The van der Waals surface area contributed by atoms with Crippen LogP contribution < -0.4 is 5.32 Å². The van der Waals surface area contributed by atoms with Crippen LogP contribution in [-0.4, -0.2) is 32.8 Å². The SMILES string of the molecule is O=C(C[C@H](CO)c1ccccc1)c1ccc(F)c(NC(=O)c2cnc3ccccn23)c1. The Kier molecular flexibility index (Phi) is 5.86. The second-order valence-electron chi connectivity index (χ2n) is 7.14. The Bertz CT molecular complexity index is 1240. The van der Waals surface area contributed by atoms with Crippen LogP contribution in [-0.2, 0) is 0 Å². The summed E-state index contributed by atoms with van der Waals surface area (Å²) in [4.78, 5) is 29.6. The van der Waals surface area contributed by atoms with Crippen molar-refractivity contribution >= 4 is 23.0 Å². The molecule has 0 aliphatic rings. The van der Waals surface area contributed by atoms with Crippen molar-refractivity contribution in [1.29, 1.82) is 0 Å². The zero-order valence-corrected chi connectivity index (χ0v) is 16.5. The number of pyridine rings is 1. The first kappa shape index (κ1) is 20.4. The van der Waals surface area contributed by atoms with E-state index in [0.717, 1.165) is 11.6 Å². The van der Waals surface area contributed by atoms with E-state index in [2.05, 4.69) is 10.3 Å². The minimum absolute atomic E-state index is 0.0623. The molecule has 4 rings (SSSR count). The Balaban J connectivity index is 1.54. The number of anilines is 1. The minimum Gasteiger partial charge on any atom is -0.396 e. The van der Waals surface area contributed by atoms with Crippen LogP contribution in [0.4, 0.5) is 10.1 Å². The Hall–Kier alpha value is -3.84. The second-order valence-corrected chi connectivity index (χ2v) is 7.14. The number of aromatic nitrogens is 2. The van der Waals surface area contributed by atoms with Gasteiger partial charge in [0.25, 0.3) is 5.91 Å². The van der Waals surface area contributed by atoms with Gasteiger partial charge >= 0.3 is 0 Å². The summed E-state index contributed by atoms with van der Waals surface area (Å²) >= 11 is 0. The summed E-state index contributed by atoms with van der Waals surface area (Å²) in [6.45, 7) is -0.186. The number of benzene rings is 2. The molecule has 0 spiro atoms. The average molecular weight is 417 g/mol. The molecule has 2 aromatic heterocycles. The van der Waals surface area contributed by atoms with Crippen molar-refractivity contribution in [3.63, 3.8) is 0 Å². The van der Waals surface area contributed by atoms with Crippen LogP contribution in [0.2, 0.25) is 0 Å².